The second kappa shape index (κ2) is 4.09. The van der Waals surface area contributed by atoms with Crippen LogP contribution in [0.1, 0.15) is 6.42 Å². The number of hydrogen-bond donors (Lipinski definition) is 0. The molecule has 0 saturated carbocycles. The summed E-state index contributed by atoms with van der Waals surface area (Å²) in [6, 6.07) is 0. The number of hydrogen-bond acceptors (Lipinski definition) is 4. The molecular weight excluding hydrogens is 317 g/mol. The molecule has 2 rings (SSSR count). The van der Waals surface area contributed by atoms with Crippen LogP contribution in [0, 0.1) is 0 Å². The molecule has 1 saturated heterocycles. The number of ether oxygens (including phenoxy) is 1. The van der Waals surface area contributed by atoms with Crippen LogP contribution in [0.25, 0.3) is 0 Å². The Labute approximate surface area is 99.2 Å². The molecule has 2 aliphatic heterocycles. The van der Waals surface area contributed by atoms with Crippen molar-refractivity contribution < 1.29 is 14.3 Å². The summed E-state index contributed by atoms with van der Waals surface area (Å²) in [7, 11) is 0. The number of thioether (sulfide) groups is 1. The lowest BCUT2D eigenvalue weighted by molar-refractivity contribution is -0.147. The van der Waals surface area contributed by atoms with Gasteiger partial charge < -0.3 is 4.74 Å². The number of carbonyl (C=O) groups is 2. The van der Waals surface area contributed by atoms with E-state index in [1.165, 1.54) is 4.90 Å². The first kappa shape index (κ1) is 10.3. The quantitative estimate of drug-likeness (QED) is 0.330. The lowest BCUT2D eigenvalue weighted by Crippen LogP contribution is -2.53. The summed E-state index contributed by atoms with van der Waals surface area (Å²) in [4.78, 5) is 24.2. The van der Waals surface area contributed by atoms with Crippen LogP contribution in [-0.2, 0) is 14.3 Å². The van der Waals surface area contributed by atoms with Crippen LogP contribution < -0.4 is 0 Å². The van der Waals surface area contributed by atoms with E-state index in [0.29, 0.717) is 16.7 Å². The van der Waals surface area contributed by atoms with Gasteiger partial charge >= 0.3 is 5.97 Å². The molecule has 1 amide bonds. The molecule has 0 aromatic heterocycles. The van der Waals surface area contributed by atoms with Gasteiger partial charge in [-0.1, -0.05) is 0 Å². The molecule has 0 aromatic carbocycles. The first-order valence-electron chi connectivity index (χ1n) is 4.11. The molecule has 4 nitrogen and oxygen atoms in total. The van der Waals surface area contributed by atoms with Crippen molar-refractivity contribution in [2.75, 3.05) is 10.4 Å². The highest BCUT2D eigenvalue weighted by Crippen LogP contribution is 2.37. The number of esters is 1. The normalized spacial score (nSPS) is 24.9. The minimum Gasteiger partial charge on any atom is -0.450 e. The smallest absolute Gasteiger partial charge is 0.355 e. The number of alkyl halides is 1. The van der Waals surface area contributed by atoms with Crippen molar-refractivity contribution in [3.05, 3.63) is 11.8 Å². The fraction of sp³-hybridized carbons (Fsp3) is 0.500. The minimum atomic E-state index is -0.391. The predicted molar refractivity (Wildman–Crippen MR) is 60.8 cm³/mol. The van der Waals surface area contributed by atoms with Crippen LogP contribution >= 0.6 is 34.4 Å². The van der Waals surface area contributed by atoms with Crippen molar-refractivity contribution in [1.82, 2.24) is 4.90 Å². The topological polar surface area (TPSA) is 46.6 Å². The van der Waals surface area contributed by atoms with Crippen molar-refractivity contribution in [3.63, 3.8) is 0 Å². The van der Waals surface area contributed by atoms with E-state index in [1.54, 1.807) is 17.8 Å². The van der Waals surface area contributed by atoms with Gasteiger partial charge in [-0.15, -0.1) is 11.8 Å². The van der Waals surface area contributed by atoms with Gasteiger partial charge in [-0.05, 0) is 28.7 Å². The van der Waals surface area contributed by atoms with Crippen molar-refractivity contribution in [2.45, 2.75) is 11.8 Å². The van der Waals surface area contributed by atoms with Gasteiger partial charge in [0, 0.05) is 5.75 Å². The number of β-lactam (4-membered cyclic amide) rings is 1. The van der Waals surface area contributed by atoms with E-state index in [9.17, 15) is 9.59 Å². The Morgan fingerprint density at radius 1 is 1.79 bits per heavy atom. The maximum Gasteiger partial charge on any atom is 0.355 e. The van der Waals surface area contributed by atoms with E-state index in [4.69, 9.17) is 4.74 Å². The number of carbonyl (C=O) groups excluding carboxylic acids is 2. The number of fused-ring (bicyclic) bond motifs is 1. The zero-order chi connectivity index (χ0) is 10.1. The molecule has 0 aliphatic carbocycles. The molecule has 0 unspecified atom stereocenters. The standard InChI is InChI=1S/C8H8INO3S/c9-4-13-8(12)5-1-2-14-7-3-6(11)10(5)7/h1,7H,2-4H2/t7-/m1/s1. The highest BCUT2D eigenvalue weighted by molar-refractivity contribution is 14.1. The SMILES string of the molecule is O=C(OCI)C1=CCS[C@@H]2CC(=O)N12. The molecule has 0 bridgehead atoms. The van der Waals surface area contributed by atoms with Crippen molar-refractivity contribution in [2.24, 2.45) is 0 Å². The first-order chi connectivity index (χ1) is 6.74. The van der Waals surface area contributed by atoms with Crippen LogP contribution in [-0.4, -0.2) is 32.5 Å². The van der Waals surface area contributed by atoms with Gasteiger partial charge in [-0.2, -0.15) is 0 Å². The van der Waals surface area contributed by atoms with Gasteiger partial charge in [0.25, 0.3) is 0 Å². The van der Waals surface area contributed by atoms with E-state index in [0.717, 1.165) is 5.75 Å². The largest absolute Gasteiger partial charge is 0.450 e. The average molecular weight is 325 g/mol. The summed E-state index contributed by atoms with van der Waals surface area (Å²) < 4.78 is 5.17. The van der Waals surface area contributed by atoms with Crippen LogP contribution in [0.2, 0.25) is 0 Å². The number of amides is 1. The van der Waals surface area contributed by atoms with E-state index < -0.39 is 5.97 Å². The predicted octanol–water partition coefficient (Wildman–Crippen LogP) is 1.11. The van der Waals surface area contributed by atoms with Gasteiger partial charge in [0.05, 0.1) is 11.8 Å². The molecule has 1 fully saturated rings. The number of halogens is 1. The Morgan fingerprint density at radius 2 is 2.57 bits per heavy atom. The highest BCUT2D eigenvalue weighted by Gasteiger charge is 2.43. The Balaban J connectivity index is 2.13. The molecule has 2 heterocycles. The van der Waals surface area contributed by atoms with Crippen LogP contribution in [0.5, 0.6) is 0 Å². The van der Waals surface area contributed by atoms with E-state index in [1.807, 2.05) is 22.6 Å². The fourth-order valence-corrected chi connectivity index (χ4v) is 2.85. The number of nitrogens with zero attached hydrogens (tertiary/aromatic N) is 1. The zero-order valence-electron chi connectivity index (χ0n) is 7.23. The molecule has 0 spiro atoms. The van der Waals surface area contributed by atoms with Crippen LogP contribution in [0.4, 0.5) is 0 Å². The van der Waals surface area contributed by atoms with Crippen molar-refractivity contribution in [1.29, 1.82) is 0 Å². The van der Waals surface area contributed by atoms with E-state index >= 15 is 0 Å². The first-order valence-corrected chi connectivity index (χ1v) is 6.68. The third-order valence-corrected chi connectivity index (χ3v) is 3.56. The monoisotopic (exact) mass is 325 g/mol. The lowest BCUT2D eigenvalue weighted by Gasteiger charge is -2.42. The summed E-state index contributed by atoms with van der Waals surface area (Å²) in [5.41, 5.74) is 0.418. The lowest BCUT2D eigenvalue weighted by atomic mass is 10.1. The minimum absolute atomic E-state index is 0.0128. The average Bonchev–Trinajstić information content (AvgIpc) is 2.16. The maximum absolute atomic E-state index is 11.4. The summed E-state index contributed by atoms with van der Waals surface area (Å²) in [6.45, 7) is 0. The van der Waals surface area contributed by atoms with Gasteiger partial charge in [-0.3, -0.25) is 9.69 Å². The molecule has 14 heavy (non-hydrogen) atoms. The molecule has 0 N–H and O–H groups in total. The summed E-state index contributed by atoms with van der Waals surface area (Å²) in [5, 5.41) is 0.157. The van der Waals surface area contributed by atoms with Crippen molar-refractivity contribution in [3.8, 4) is 0 Å². The fourth-order valence-electron chi connectivity index (χ4n) is 1.45. The summed E-state index contributed by atoms with van der Waals surface area (Å²) in [5.74, 6) is 0.400. The third-order valence-electron chi connectivity index (χ3n) is 2.13. The second-order valence-corrected chi connectivity index (χ2v) is 4.72. The van der Waals surface area contributed by atoms with Gasteiger partial charge in [0.2, 0.25) is 5.91 Å². The molecule has 76 valence electrons. The zero-order valence-corrected chi connectivity index (χ0v) is 10.2. The van der Waals surface area contributed by atoms with Gasteiger partial charge in [-0.25, -0.2) is 4.79 Å². The third kappa shape index (κ3) is 1.65. The van der Waals surface area contributed by atoms with Crippen LogP contribution in [0.15, 0.2) is 11.8 Å². The molecular formula is C8H8INO3S. The van der Waals surface area contributed by atoms with Crippen molar-refractivity contribution >= 4 is 46.2 Å². The van der Waals surface area contributed by atoms with E-state index in [2.05, 4.69) is 0 Å². The molecule has 0 aromatic rings. The Morgan fingerprint density at radius 3 is 3.21 bits per heavy atom. The van der Waals surface area contributed by atoms with Crippen LogP contribution in [0.3, 0.4) is 0 Å². The Hall–Kier alpha value is -0.240. The molecule has 1 atom stereocenters. The number of rotatable bonds is 2. The molecule has 2 aliphatic rings. The second-order valence-electron chi connectivity index (χ2n) is 2.89. The Bertz CT molecular complexity index is 318. The maximum atomic E-state index is 11.4. The summed E-state index contributed by atoms with van der Waals surface area (Å²) in [6.07, 6.45) is 2.30. The molecule has 0 radical (unpaired) electrons. The summed E-state index contributed by atoms with van der Waals surface area (Å²) >= 11 is 3.63. The van der Waals surface area contributed by atoms with E-state index in [-0.39, 0.29) is 11.3 Å². The Kier molecular flexibility index (Phi) is 3.01. The van der Waals surface area contributed by atoms with Gasteiger partial charge in [0.1, 0.15) is 10.3 Å². The van der Waals surface area contributed by atoms with Gasteiger partial charge in [0.15, 0.2) is 0 Å². The highest BCUT2D eigenvalue weighted by atomic mass is 127. The molecule has 6 heteroatoms.